The van der Waals surface area contributed by atoms with Crippen LogP contribution in [0.25, 0.3) is 10.9 Å². The minimum absolute atomic E-state index is 0.000962. The van der Waals surface area contributed by atoms with Gasteiger partial charge in [-0.3, -0.25) is 10.1 Å². The van der Waals surface area contributed by atoms with Crippen LogP contribution in [0.4, 0.5) is 10.5 Å². The van der Waals surface area contributed by atoms with Gasteiger partial charge in [-0.2, -0.15) is 0 Å². The number of phenols is 1. The molecule has 1 saturated heterocycles. The Labute approximate surface area is 279 Å². The standard InChI is InChI=1S/C38H54N4O5/c43-34-19-17-31(32-18-20-36(45)41-37(32)34)35(44)27-39-23-11-4-2-1-3-5-12-24-42-25-21-29(22-26-42)47-38(46)40-33-16-10-9-15-30(33)28-13-7-6-8-14-28/h9-10,15-20,28-29,35,39,43-44H,1-8,11-14,21-27H2,(H,40,46)(H,41,45)/t35-/m0/s1. The number of carbonyl (C=O) groups excluding carboxylic acids is 1. The number of hydrogen-bond acceptors (Lipinski definition) is 7. The van der Waals surface area contributed by atoms with Crippen LogP contribution < -0.4 is 16.2 Å². The zero-order valence-corrected chi connectivity index (χ0v) is 27.9. The number of aliphatic hydroxyl groups excluding tert-OH is 1. The molecule has 9 nitrogen and oxygen atoms in total. The average molecular weight is 647 g/mol. The molecule has 256 valence electrons. The Balaban J connectivity index is 0.866. The molecule has 3 aromatic rings. The number of piperidine rings is 1. The maximum Gasteiger partial charge on any atom is 0.411 e. The molecular formula is C38H54N4O5. The highest BCUT2D eigenvalue weighted by Gasteiger charge is 2.24. The molecule has 5 N–H and O–H groups in total. The Bertz CT molecular complexity index is 1460. The van der Waals surface area contributed by atoms with Crippen LogP contribution in [-0.2, 0) is 4.74 Å². The molecule has 9 heteroatoms. The predicted molar refractivity (Wildman–Crippen MR) is 188 cm³/mol. The van der Waals surface area contributed by atoms with Gasteiger partial charge in [-0.15, -0.1) is 0 Å². The smallest absolute Gasteiger partial charge is 0.411 e. The van der Waals surface area contributed by atoms with E-state index in [1.54, 1.807) is 12.1 Å². The second-order valence-electron chi connectivity index (χ2n) is 13.5. The number of phenolic OH excluding ortho intramolecular Hbond substituents is 1. The summed E-state index contributed by atoms with van der Waals surface area (Å²) in [4.78, 5) is 29.5. The Morgan fingerprint density at radius 2 is 1.62 bits per heavy atom. The second kappa shape index (κ2) is 18.2. The number of fused-ring (bicyclic) bond motifs is 1. The molecule has 2 aliphatic rings. The molecule has 0 unspecified atom stereocenters. The van der Waals surface area contributed by atoms with Crippen molar-refractivity contribution in [2.75, 3.05) is 38.0 Å². The highest BCUT2D eigenvalue weighted by atomic mass is 16.6. The SMILES string of the molecule is O=C(Nc1ccccc1C1CCCCC1)OC1CCN(CCCCCCCCCNC[C@H](O)c2ccc(O)c3[nH]c(=O)ccc23)CC1. The van der Waals surface area contributed by atoms with Crippen LogP contribution in [0.15, 0.2) is 53.3 Å². The van der Waals surface area contributed by atoms with Gasteiger partial charge < -0.3 is 30.2 Å². The Kier molecular flexibility index (Phi) is 13.5. The largest absolute Gasteiger partial charge is 0.506 e. The molecule has 0 spiro atoms. The van der Waals surface area contributed by atoms with E-state index in [4.69, 9.17) is 4.74 Å². The molecule has 47 heavy (non-hydrogen) atoms. The van der Waals surface area contributed by atoms with Crippen LogP contribution in [0.5, 0.6) is 5.75 Å². The number of ether oxygens (including phenoxy) is 1. The van der Waals surface area contributed by atoms with Gasteiger partial charge in [0.25, 0.3) is 0 Å². The number of nitrogens with zero attached hydrogens (tertiary/aromatic N) is 1. The van der Waals surface area contributed by atoms with Crippen molar-refractivity contribution in [2.45, 2.75) is 108 Å². The molecule has 5 rings (SSSR count). The first-order valence-electron chi connectivity index (χ1n) is 18.0. The first-order chi connectivity index (χ1) is 23.0. The Hall–Kier alpha value is -3.40. The van der Waals surface area contributed by atoms with Crippen molar-refractivity contribution in [1.82, 2.24) is 15.2 Å². The lowest BCUT2D eigenvalue weighted by Crippen LogP contribution is -2.38. The minimum Gasteiger partial charge on any atom is -0.506 e. The fourth-order valence-corrected chi connectivity index (χ4v) is 7.29. The molecule has 1 atom stereocenters. The van der Waals surface area contributed by atoms with Gasteiger partial charge in [-0.05, 0) is 86.9 Å². The third-order valence-electron chi connectivity index (χ3n) is 9.98. The molecule has 2 heterocycles. The van der Waals surface area contributed by atoms with E-state index in [2.05, 4.69) is 32.7 Å². The number of para-hydroxylation sites is 1. The number of amides is 1. The van der Waals surface area contributed by atoms with Gasteiger partial charge in [-0.25, -0.2) is 4.79 Å². The van der Waals surface area contributed by atoms with Crippen molar-refractivity contribution in [3.63, 3.8) is 0 Å². The zero-order chi connectivity index (χ0) is 32.8. The van der Waals surface area contributed by atoms with Crippen molar-refractivity contribution in [3.8, 4) is 5.75 Å². The summed E-state index contributed by atoms with van der Waals surface area (Å²) >= 11 is 0. The van der Waals surface area contributed by atoms with Crippen LogP contribution in [0.1, 0.15) is 113 Å². The summed E-state index contributed by atoms with van der Waals surface area (Å²) < 4.78 is 5.83. The van der Waals surface area contributed by atoms with Gasteiger partial charge in [0.15, 0.2) is 0 Å². The number of hydrogen-bond donors (Lipinski definition) is 5. The van der Waals surface area contributed by atoms with Gasteiger partial charge in [0.1, 0.15) is 11.9 Å². The van der Waals surface area contributed by atoms with Gasteiger partial charge in [0.2, 0.25) is 5.56 Å². The molecule has 0 radical (unpaired) electrons. The highest BCUT2D eigenvalue weighted by molar-refractivity contribution is 5.87. The number of nitrogens with one attached hydrogen (secondary N) is 3. The summed E-state index contributed by atoms with van der Waals surface area (Å²) in [5.74, 6) is 0.537. The molecule has 1 aromatic heterocycles. The molecule has 2 aromatic carbocycles. The minimum atomic E-state index is -0.722. The third kappa shape index (κ3) is 10.5. The van der Waals surface area contributed by atoms with Crippen molar-refractivity contribution >= 4 is 22.7 Å². The molecule has 1 aliphatic carbocycles. The number of aromatic hydroxyl groups is 1. The fraction of sp³-hybridized carbons (Fsp3) is 0.579. The van der Waals surface area contributed by atoms with Crippen molar-refractivity contribution < 1.29 is 19.7 Å². The quantitative estimate of drug-likeness (QED) is 0.103. The summed E-state index contributed by atoms with van der Waals surface area (Å²) in [5.41, 5.74) is 2.93. The first kappa shape index (κ1) is 34.9. The molecule has 2 fully saturated rings. The molecule has 0 bridgehead atoms. The number of rotatable bonds is 16. The van der Waals surface area contributed by atoms with Gasteiger partial charge in [0.05, 0.1) is 11.6 Å². The predicted octanol–water partition coefficient (Wildman–Crippen LogP) is 7.35. The summed E-state index contributed by atoms with van der Waals surface area (Å²) in [6, 6.07) is 14.5. The summed E-state index contributed by atoms with van der Waals surface area (Å²) in [6.45, 7) is 4.36. The van der Waals surface area contributed by atoms with E-state index >= 15 is 0 Å². The van der Waals surface area contributed by atoms with Crippen molar-refractivity contribution in [1.29, 1.82) is 0 Å². The van der Waals surface area contributed by atoms with E-state index in [0.29, 0.717) is 28.9 Å². The maximum atomic E-state index is 12.7. The maximum absolute atomic E-state index is 12.7. The number of aromatic nitrogens is 1. The number of anilines is 1. The third-order valence-corrected chi connectivity index (χ3v) is 9.98. The van der Waals surface area contributed by atoms with Crippen LogP contribution >= 0.6 is 0 Å². The monoisotopic (exact) mass is 646 g/mol. The van der Waals surface area contributed by atoms with Crippen LogP contribution in [-0.4, -0.2) is 65.0 Å². The molecule has 1 saturated carbocycles. The van der Waals surface area contributed by atoms with E-state index in [0.717, 1.165) is 51.1 Å². The molecule has 1 amide bonds. The van der Waals surface area contributed by atoms with Crippen LogP contribution in [0.3, 0.4) is 0 Å². The molecule has 1 aliphatic heterocycles. The number of aromatic amines is 1. The van der Waals surface area contributed by atoms with Gasteiger partial charge >= 0.3 is 6.09 Å². The lowest BCUT2D eigenvalue weighted by atomic mass is 9.83. The summed E-state index contributed by atoms with van der Waals surface area (Å²) in [6.07, 6.45) is 15.4. The normalized spacial score (nSPS) is 17.1. The lowest BCUT2D eigenvalue weighted by molar-refractivity contribution is 0.0584. The van der Waals surface area contributed by atoms with E-state index in [1.807, 2.05) is 12.1 Å². The average Bonchev–Trinajstić information content (AvgIpc) is 3.09. The van der Waals surface area contributed by atoms with E-state index < -0.39 is 6.10 Å². The van der Waals surface area contributed by atoms with E-state index in [9.17, 15) is 19.8 Å². The highest BCUT2D eigenvalue weighted by Crippen LogP contribution is 2.36. The lowest BCUT2D eigenvalue weighted by Gasteiger charge is -2.31. The summed E-state index contributed by atoms with van der Waals surface area (Å²) in [7, 11) is 0. The number of likely N-dealkylation sites (tertiary alicyclic amines) is 1. The first-order valence-corrected chi connectivity index (χ1v) is 18.0. The number of carbonyl (C=O) groups is 1. The number of aliphatic hydroxyl groups is 1. The van der Waals surface area contributed by atoms with Crippen LogP contribution in [0, 0.1) is 0 Å². The van der Waals surface area contributed by atoms with Crippen molar-refractivity contribution in [3.05, 3.63) is 70.0 Å². The van der Waals surface area contributed by atoms with Crippen LogP contribution in [0.2, 0.25) is 0 Å². The number of pyridine rings is 1. The fourth-order valence-electron chi connectivity index (χ4n) is 7.29. The summed E-state index contributed by atoms with van der Waals surface area (Å²) in [5, 5.41) is 27.8. The number of unbranched alkanes of at least 4 members (excludes halogenated alkanes) is 6. The number of benzene rings is 2. The number of H-pyrrole nitrogens is 1. The molecular weight excluding hydrogens is 592 g/mol. The topological polar surface area (TPSA) is 127 Å². The van der Waals surface area contributed by atoms with Crippen molar-refractivity contribution in [2.24, 2.45) is 0 Å². The Morgan fingerprint density at radius 1 is 0.894 bits per heavy atom. The van der Waals surface area contributed by atoms with E-state index in [-0.39, 0.29) is 23.5 Å². The van der Waals surface area contributed by atoms with Gasteiger partial charge in [0, 0.05) is 36.8 Å². The Morgan fingerprint density at radius 3 is 2.40 bits per heavy atom. The van der Waals surface area contributed by atoms with E-state index in [1.165, 1.54) is 88.3 Å². The van der Waals surface area contributed by atoms with Gasteiger partial charge in [-0.1, -0.05) is 75.6 Å². The second-order valence-corrected chi connectivity index (χ2v) is 13.5. The zero-order valence-electron chi connectivity index (χ0n) is 27.9.